The van der Waals surface area contributed by atoms with E-state index in [1.54, 1.807) is 39.0 Å². The number of hydrogen-bond acceptors (Lipinski definition) is 8. The highest BCUT2D eigenvalue weighted by Gasteiger charge is 2.28. The number of nitriles is 1. The van der Waals surface area contributed by atoms with Crippen LogP contribution in [0.2, 0.25) is 0 Å². The predicted octanol–water partition coefficient (Wildman–Crippen LogP) is 2.97. The third-order valence-corrected chi connectivity index (χ3v) is 6.87. The number of nitrogens with two attached hydrogens (primary N) is 1. The van der Waals surface area contributed by atoms with Gasteiger partial charge in [0.05, 0.1) is 28.6 Å². The maximum atomic E-state index is 13.6. The van der Waals surface area contributed by atoms with Crippen LogP contribution in [0.1, 0.15) is 54.4 Å². The van der Waals surface area contributed by atoms with Crippen LogP contribution in [0.5, 0.6) is 0 Å². The highest BCUT2D eigenvalue weighted by molar-refractivity contribution is 7.20. The summed E-state index contributed by atoms with van der Waals surface area (Å²) >= 11 is 1.01. The predicted molar refractivity (Wildman–Crippen MR) is 137 cm³/mol. The average Bonchev–Trinajstić information content (AvgIpc) is 3.25. The van der Waals surface area contributed by atoms with E-state index in [0.717, 1.165) is 24.2 Å². The van der Waals surface area contributed by atoms with Gasteiger partial charge in [-0.3, -0.25) is 14.2 Å². The number of primary amides is 1. The molecule has 36 heavy (non-hydrogen) atoms. The molecule has 1 atom stereocenters. The fourth-order valence-electron chi connectivity index (χ4n) is 4.19. The fourth-order valence-corrected chi connectivity index (χ4v) is 5.09. The van der Waals surface area contributed by atoms with Crippen LogP contribution in [0.25, 0.3) is 10.2 Å². The number of nitrogens with one attached hydrogen (secondary N) is 1. The van der Waals surface area contributed by atoms with E-state index < -0.39 is 17.6 Å². The molecule has 0 saturated carbocycles. The van der Waals surface area contributed by atoms with Crippen molar-refractivity contribution in [1.29, 1.82) is 5.26 Å². The summed E-state index contributed by atoms with van der Waals surface area (Å²) in [6, 6.07) is 10.6. The van der Waals surface area contributed by atoms with Gasteiger partial charge in [0.25, 0.3) is 11.5 Å². The summed E-state index contributed by atoms with van der Waals surface area (Å²) in [6.07, 6.45) is 1.02. The summed E-state index contributed by atoms with van der Waals surface area (Å²) in [7, 11) is 0. The second-order valence-electron chi connectivity index (χ2n) is 9.69. The molecule has 0 unspecified atom stereocenters. The number of carbonyl (C=O) groups is 2. The Morgan fingerprint density at radius 3 is 2.78 bits per heavy atom. The maximum absolute atomic E-state index is 13.6. The second kappa shape index (κ2) is 9.99. The van der Waals surface area contributed by atoms with E-state index >= 15 is 0 Å². The van der Waals surface area contributed by atoms with Gasteiger partial charge in [0.15, 0.2) is 0 Å². The lowest BCUT2D eigenvalue weighted by Gasteiger charge is -2.35. The largest absolute Gasteiger partial charge is 0.444 e. The van der Waals surface area contributed by atoms with Gasteiger partial charge in [0.2, 0.25) is 5.95 Å². The van der Waals surface area contributed by atoms with Crippen LogP contribution in [0.3, 0.4) is 0 Å². The minimum Gasteiger partial charge on any atom is -0.444 e. The Labute approximate surface area is 212 Å². The molecule has 188 valence electrons. The highest BCUT2D eigenvalue weighted by Crippen LogP contribution is 2.26. The van der Waals surface area contributed by atoms with E-state index in [2.05, 4.69) is 11.4 Å². The molecule has 3 N–H and O–H groups in total. The highest BCUT2D eigenvalue weighted by atomic mass is 32.1. The Balaban J connectivity index is 1.74. The number of alkyl carbamates (subject to hydrolysis) is 1. The van der Waals surface area contributed by atoms with Crippen LogP contribution in [-0.2, 0) is 11.3 Å². The molecule has 1 fully saturated rings. The number of carbonyl (C=O) groups excluding carboxylic acids is 2. The summed E-state index contributed by atoms with van der Waals surface area (Å²) in [4.78, 5) is 44.7. The van der Waals surface area contributed by atoms with Crippen molar-refractivity contribution >= 4 is 39.5 Å². The summed E-state index contributed by atoms with van der Waals surface area (Å²) in [5.41, 5.74) is 6.05. The summed E-state index contributed by atoms with van der Waals surface area (Å²) in [6.45, 7) is 6.58. The minimum atomic E-state index is -0.625. The number of rotatable bonds is 5. The normalized spacial score (nSPS) is 15.9. The van der Waals surface area contributed by atoms with Crippen LogP contribution in [0.4, 0.5) is 10.7 Å². The minimum absolute atomic E-state index is 0.130. The number of aromatic nitrogens is 2. The van der Waals surface area contributed by atoms with E-state index in [0.29, 0.717) is 40.4 Å². The van der Waals surface area contributed by atoms with E-state index in [-0.39, 0.29) is 23.0 Å². The van der Waals surface area contributed by atoms with Gasteiger partial charge in [0.1, 0.15) is 10.3 Å². The van der Waals surface area contributed by atoms with E-state index in [1.165, 1.54) is 10.6 Å². The number of fused-ring (bicyclic) bond motifs is 1. The van der Waals surface area contributed by atoms with Crippen molar-refractivity contribution in [3.8, 4) is 6.07 Å². The number of hydrogen-bond donors (Lipinski definition) is 2. The smallest absolute Gasteiger partial charge is 0.407 e. The fraction of sp³-hybridized carbons (Fsp3) is 0.400. The Morgan fingerprint density at radius 2 is 2.08 bits per heavy atom. The van der Waals surface area contributed by atoms with Gasteiger partial charge < -0.3 is 20.7 Å². The molecule has 1 aliphatic heterocycles. The van der Waals surface area contributed by atoms with Crippen LogP contribution < -0.4 is 21.5 Å². The molecule has 2 amide bonds. The molecular formula is C25H28N6O4S. The maximum Gasteiger partial charge on any atom is 0.407 e. The van der Waals surface area contributed by atoms with Crippen molar-refractivity contribution in [2.45, 2.75) is 51.8 Å². The zero-order valence-corrected chi connectivity index (χ0v) is 21.2. The molecule has 3 heterocycles. The van der Waals surface area contributed by atoms with Crippen molar-refractivity contribution in [3.63, 3.8) is 0 Å². The second-order valence-corrected chi connectivity index (χ2v) is 10.7. The van der Waals surface area contributed by atoms with Gasteiger partial charge in [0, 0.05) is 19.1 Å². The molecule has 0 aliphatic carbocycles. The van der Waals surface area contributed by atoms with Crippen LogP contribution >= 0.6 is 11.3 Å². The van der Waals surface area contributed by atoms with Gasteiger partial charge in [-0.2, -0.15) is 5.26 Å². The Bertz CT molecular complexity index is 1410. The van der Waals surface area contributed by atoms with Crippen molar-refractivity contribution in [2.75, 3.05) is 18.0 Å². The quantitative estimate of drug-likeness (QED) is 0.539. The monoisotopic (exact) mass is 508 g/mol. The number of ether oxygens (including phenoxy) is 1. The molecule has 0 radical (unpaired) electrons. The van der Waals surface area contributed by atoms with Crippen LogP contribution in [-0.4, -0.2) is 46.3 Å². The molecule has 3 aromatic rings. The van der Waals surface area contributed by atoms with Gasteiger partial charge in [-0.25, -0.2) is 9.78 Å². The molecule has 11 heteroatoms. The molecule has 10 nitrogen and oxygen atoms in total. The average molecular weight is 509 g/mol. The van der Waals surface area contributed by atoms with Crippen LogP contribution in [0, 0.1) is 11.3 Å². The Morgan fingerprint density at radius 1 is 1.33 bits per heavy atom. The number of piperidine rings is 1. The Kier molecular flexibility index (Phi) is 6.99. The number of anilines is 1. The lowest BCUT2D eigenvalue weighted by Crippen LogP contribution is -2.50. The van der Waals surface area contributed by atoms with E-state index in [1.807, 2.05) is 11.0 Å². The molecule has 0 bridgehead atoms. The Hall–Kier alpha value is -3.91. The number of amides is 2. The van der Waals surface area contributed by atoms with Gasteiger partial charge in [-0.15, -0.1) is 11.3 Å². The number of nitrogens with zero attached hydrogens (tertiary/aromatic N) is 4. The van der Waals surface area contributed by atoms with E-state index in [4.69, 9.17) is 15.5 Å². The standard InChI is InChI=1S/C25H28N6O4S/c1-25(2,3)35-24(34)28-17-9-6-10-30(14-17)23-29-18-11-19(21(27)32)36-20(18)22(33)31(23)13-16-8-5-4-7-15(16)12-26/h4-5,7-8,11,17H,6,9-10,13-14H2,1-3H3,(H2,27,32)(H,28,34)/t17-/m1/s1. The lowest BCUT2D eigenvalue weighted by molar-refractivity contribution is 0.0499. The topological polar surface area (TPSA) is 143 Å². The third-order valence-electron chi connectivity index (χ3n) is 5.75. The molecule has 2 aromatic heterocycles. The first-order chi connectivity index (χ1) is 17.1. The lowest BCUT2D eigenvalue weighted by atomic mass is 10.1. The molecule has 4 rings (SSSR count). The summed E-state index contributed by atoms with van der Waals surface area (Å²) < 4.78 is 7.24. The van der Waals surface area contributed by atoms with Crippen molar-refractivity contribution < 1.29 is 14.3 Å². The van der Waals surface area contributed by atoms with Crippen LogP contribution in [0.15, 0.2) is 35.1 Å². The number of benzene rings is 1. The van der Waals surface area contributed by atoms with Crippen molar-refractivity contribution in [2.24, 2.45) is 5.73 Å². The summed E-state index contributed by atoms with van der Waals surface area (Å²) in [5.74, 6) is -0.218. The first-order valence-corrected chi connectivity index (χ1v) is 12.4. The zero-order chi connectivity index (χ0) is 26.0. The van der Waals surface area contributed by atoms with Gasteiger partial charge in [-0.05, 0) is 51.3 Å². The first-order valence-electron chi connectivity index (χ1n) is 11.6. The van der Waals surface area contributed by atoms with Crippen molar-refractivity contribution in [1.82, 2.24) is 14.9 Å². The third kappa shape index (κ3) is 5.49. The van der Waals surface area contributed by atoms with Gasteiger partial charge in [-0.1, -0.05) is 18.2 Å². The molecule has 1 saturated heterocycles. The molecule has 1 aliphatic rings. The zero-order valence-electron chi connectivity index (χ0n) is 20.4. The first kappa shape index (κ1) is 25.2. The number of thiophene rings is 1. The SMILES string of the molecule is CC(C)(C)OC(=O)N[C@@H]1CCCN(c2nc3cc(C(N)=O)sc3c(=O)n2Cc2ccccc2C#N)C1. The van der Waals surface area contributed by atoms with E-state index in [9.17, 15) is 19.6 Å². The van der Waals surface area contributed by atoms with Gasteiger partial charge >= 0.3 is 6.09 Å². The molecule has 0 spiro atoms. The summed E-state index contributed by atoms with van der Waals surface area (Å²) in [5, 5.41) is 12.5. The molecule has 1 aromatic carbocycles. The molecular weight excluding hydrogens is 480 g/mol. The van der Waals surface area contributed by atoms with Crippen molar-refractivity contribution in [3.05, 3.63) is 56.7 Å².